The van der Waals surface area contributed by atoms with Gasteiger partial charge in [-0.15, -0.1) is 0 Å². The van der Waals surface area contributed by atoms with Gasteiger partial charge in [0.05, 0.1) is 18.3 Å². The van der Waals surface area contributed by atoms with Crippen molar-refractivity contribution in [2.45, 2.75) is 26.7 Å². The average Bonchev–Trinajstić information content (AvgIpc) is 3.08. The molecule has 2 amide bonds. The fourth-order valence-electron chi connectivity index (χ4n) is 2.92. The van der Waals surface area contributed by atoms with Crippen molar-refractivity contribution in [3.8, 4) is 5.75 Å². The van der Waals surface area contributed by atoms with Gasteiger partial charge in [0.15, 0.2) is 5.69 Å². The maximum atomic E-state index is 12.9. The van der Waals surface area contributed by atoms with Gasteiger partial charge in [-0.2, -0.15) is 0 Å². The second-order valence-electron chi connectivity index (χ2n) is 6.51. The summed E-state index contributed by atoms with van der Waals surface area (Å²) >= 11 is 0. The van der Waals surface area contributed by atoms with Crippen molar-refractivity contribution >= 4 is 23.0 Å². The number of imidazole rings is 1. The number of fused-ring (bicyclic) bond motifs is 1. The van der Waals surface area contributed by atoms with Crippen LogP contribution in [0.1, 0.15) is 46.4 Å². The number of nitrogens with one attached hydrogen (secondary N) is 2. The number of aromatic nitrogens is 2. The zero-order chi connectivity index (χ0) is 20.1. The number of carbonyl (C=O) groups is 2. The highest BCUT2D eigenvalue weighted by Crippen LogP contribution is 2.26. The molecule has 3 rings (SSSR count). The number of anilines is 1. The highest BCUT2D eigenvalue weighted by atomic mass is 16.5. The smallest absolute Gasteiger partial charge is 0.287 e. The van der Waals surface area contributed by atoms with E-state index >= 15 is 0 Å². The van der Waals surface area contributed by atoms with Crippen LogP contribution >= 0.6 is 0 Å². The maximum absolute atomic E-state index is 12.9. The molecule has 0 aliphatic rings. The van der Waals surface area contributed by atoms with Crippen molar-refractivity contribution in [2.75, 3.05) is 19.0 Å². The highest BCUT2D eigenvalue weighted by Gasteiger charge is 2.22. The third-order valence-electron chi connectivity index (χ3n) is 4.39. The monoisotopic (exact) mass is 380 g/mol. The van der Waals surface area contributed by atoms with E-state index < -0.39 is 5.91 Å². The van der Waals surface area contributed by atoms with Crippen LogP contribution in [0.5, 0.6) is 5.75 Å². The first kappa shape index (κ1) is 19.4. The van der Waals surface area contributed by atoms with Gasteiger partial charge in [0, 0.05) is 12.7 Å². The molecule has 2 N–H and O–H groups in total. The lowest BCUT2D eigenvalue weighted by atomic mass is 10.2. The number of methoxy groups -OCH3 is 1. The molecule has 28 heavy (non-hydrogen) atoms. The van der Waals surface area contributed by atoms with Crippen LogP contribution in [0.2, 0.25) is 0 Å². The van der Waals surface area contributed by atoms with Crippen molar-refractivity contribution in [1.82, 2.24) is 14.7 Å². The van der Waals surface area contributed by atoms with Crippen LogP contribution in [0.15, 0.2) is 42.6 Å². The third kappa shape index (κ3) is 3.98. The van der Waals surface area contributed by atoms with Gasteiger partial charge in [0.1, 0.15) is 5.75 Å². The van der Waals surface area contributed by atoms with Crippen LogP contribution in [-0.2, 0) is 0 Å². The van der Waals surface area contributed by atoms with Gasteiger partial charge in [0.25, 0.3) is 11.8 Å². The molecule has 7 heteroatoms. The predicted octanol–water partition coefficient (Wildman–Crippen LogP) is 3.43. The van der Waals surface area contributed by atoms with E-state index in [-0.39, 0.29) is 17.4 Å². The number of ether oxygens (including phenoxy) is 1. The molecule has 0 atom stereocenters. The van der Waals surface area contributed by atoms with Crippen LogP contribution in [0.25, 0.3) is 5.52 Å². The van der Waals surface area contributed by atoms with Crippen molar-refractivity contribution in [3.05, 3.63) is 59.7 Å². The number of unbranched alkanes of at least 4 members (excludes halogenated alkanes) is 1. The van der Waals surface area contributed by atoms with Gasteiger partial charge in [-0.1, -0.05) is 25.5 Å². The van der Waals surface area contributed by atoms with Gasteiger partial charge in [0.2, 0.25) is 5.82 Å². The highest BCUT2D eigenvalue weighted by molar-refractivity contribution is 6.09. The number of pyridine rings is 1. The first-order chi connectivity index (χ1) is 13.5. The Kier molecular flexibility index (Phi) is 5.93. The molecular weight excluding hydrogens is 356 g/mol. The molecule has 2 heterocycles. The van der Waals surface area contributed by atoms with Gasteiger partial charge in [-0.3, -0.25) is 14.0 Å². The average molecular weight is 380 g/mol. The standard InChI is InChI=1S/C21H24N4O3/c1-4-5-11-22-21(27)19-24-18(16-8-6-7-12-25(16)19)20(26)23-15-13-14(2)9-10-17(15)28-3/h6-10,12-13H,4-5,11H2,1-3H3,(H,22,27)(H,23,26). The number of rotatable bonds is 7. The van der Waals surface area contributed by atoms with E-state index in [9.17, 15) is 9.59 Å². The zero-order valence-corrected chi connectivity index (χ0v) is 16.3. The van der Waals surface area contributed by atoms with E-state index in [0.29, 0.717) is 23.5 Å². The Morgan fingerprint density at radius 3 is 2.75 bits per heavy atom. The second-order valence-corrected chi connectivity index (χ2v) is 6.51. The fraction of sp³-hybridized carbons (Fsp3) is 0.286. The molecule has 3 aromatic rings. The molecule has 0 saturated heterocycles. The molecular formula is C21H24N4O3. The van der Waals surface area contributed by atoms with Crippen LogP contribution in [0.4, 0.5) is 5.69 Å². The van der Waals surface area contributed by atoms with Gasteiger partial charge in [-0.05, 0) is 43.2 Å². The summed E-state index contributed by atoms with van der Waals surface area (Å²) in [5, 5.41) is 5.69. The topological polar surface area (TPSA) is 84.7 Å². The van der Waals surface area contributed by atoms with E-state index in [1.165, 1.54) is 0 Å². The summed E-state index contributed by atoms with van der Waals surface area (Å²) in [6.45, 7) is 4.55. The minimum Gasteiger partial charge on any atom is -0.495 e. The Morgan fingerprint density at radius 2 is 2.00 bits per heavy atom. The molecule has 0 spiro atoms. The number of amides is 2. The van der Waals surface area contributed by atoms with E-state index in [4.69, 9.17) is 4.74 Å². The number of aryl methyl sites for hydroxylation is 1. The minimum absolute atomic E-state index is 0.185. The molecule has 7 nitrogen and oxygen atoms in total. The second kappa shape index (κ2) is 8.56. The van der Waals surface area contributed by atoms with Crippen molar-refractivity contribution < 1.29 is 14.3 Å². The molecule has 0 aliphatic carbocycles. The van der Waals surface area contributed by atoms with E-state index in [1.54, 1.807) is 42.0 Å². The van der Waals surface area contributed by atoms with Gasteiger partial charge in [-0.25, -0.2) is 4.98 Å². The molecule has 1 aromatic carbocycles. The molecule has 0 aliphatic heterocycles. The molecule has 146 valence electrons. The summed E-state index contributed by atoms with van der Waals surface area (Å²) in [6.07, 6.45) is 3.59. The number of carbonyl (C=O) groups excluding carboxylic acids is 2. The zero-order valence-electron chi connectivity index (χ0n) is 16.3. The Morgan fingerprint density at radius 1 is 1.18 bits per heavy atom. The van der Waals surface area contributed by atoms with Crippen molar-refractivity contribution in [1.29, 1.82) is 0 Å². The molecule has 2 aromatic heterocycles. The first-order valence-electron chi connectivity index (χ1n) is 9.26. The van der Waals surface area contributed by atoms with Crippen LogP contribution in [-0.4, -0.2) is 34.9 Å². The van der Waals surface area contributed by atoms with Crippen LogP contribution in [0.3, 0.4) is 0 Å². The lowest BCUT2D eigenvalue weighted by molar-refractivity contribution is 0.0942. The number of benzene rings is 1. The molecule has 0 unspecified atom stereocenters. The molecule has 0 fully saturated rings. The quantitative estimate of drug-likeness (QED) is 0.615. The first-order valence-corrected chi connectivity index (χ1v) is 9.26. The van der Waals surface area contributed by atoms with Crippen molar-refractivity contribution in [3.63, 3.8) is 0 Å². The van der Waals surface area contributed by atoms with E-state index in [0.717, 1.165) is 18.4 Å². The molecule has 0 radical (unpaired) electrons. The summed E-state index contributed by atoms with van der Waals surface area (Å²) in [4.78, 5) is 29.8. The Labute approximate surface area is 163 Å². The summed E-state index contributed by atoms with van der Waals surface area (Å²) < 4.78 is 6.95. The minimum atomic E-state index is -0.403. The number of hydrogen-bond donors (Lipinski definition) is 2. The third-order valence-corrected chi connectivity index (χ3v) is 4.39. The maximum Gasteiger partial charge on any atom is 0.287 e. The summed E-state index contributed by atoms with van der Waals surface area (Å²) in [7, 11) is 1.55. The largest absolute Gasteiger partial charge is 0.495 e. The number of nitrogens with zero attached hydrogens (tertiary/aromatic N) is 2. The normalized spacial score (nSPS) is 10.7. The van der Waals surface area contributed by atoms with Crippen LogP contribution in [0, 0.1) is 6.92 Å². The summed E-state index contributed by atoms with van der Waals surface area (Å²) in [5.41, 5.74) is 2.29. The molecule has 0 bridgehead atoms. The Bertz CT molecular complexity index is 1010. The van der Waals surface area contributed by atoms with Gasteiger partial charge >= 0.3 is 0 Å². The SMILES string of the molecule is CCCCNC(=O)c1nc(C(=O)Nc2cc(C)ccc2OC)c2ccccn12. The lowest BCUT2D eigenvalue weighted by Crippen LogP contribution is -2.26. The fourth-order valence-corrected chi connectivity index (χ4v) is 2.92. The Hall–Kier alpha value is -3.35. The van der Waals surface area contributed by atoms with Crippen LogP contribution < -0.4 is 15.4 Å². The molecule has 0 saturated carbocycles. The Balaban J connectivity index is 1.94. The lowest BCUT2D eigenvalue weighted by Gasteiger charge is -2.10. The van der Waals surface area contributed by atoms with E-state index in [2.05, 4.69) is 22.5 Å². The van der Waals surface area contributed by atoms with Gasteiger partial charge < -0.3 is 15.4 Å². The predicted molar refractivity (Wildman–Crippen MR) is 108 cm³/mol. The number of hydrogen-bond acceptors (Lipinski definition) is 4. The summed E-state index contributed by atoms with van der Waals surface area (Å²) in [5.74, 6) is 0.0371. The summed E-state index contributed by atoms with van der Waals surface area (Å²) in [6, 6.07) is 10.9. The van der Waals surface area contributed by atoms with E-state index in [1.807, 2.05) is 19.1 Å². The van der Waals surface area contributed by atoms with Crippen molar-refractivity contribution in [2.24, 2.45) is 0 Å².